The molecule has 3 unspecified atom stereocenters. The van der Waals surface area contributed by atoms with Gasteiger partial charge in [-0.1, -0.05) is 6.42 Å². The van der Waals surface area contributed by atoms with E-state index in [0.29, 0.717) is 18.0 Å². The first-order valence-corrected chi connectivity index (χ1v) is 8.99. The number of nitrogens with one attached hydrogen (secondary N) is 2. The van der Waals surface area contributed by atoms with Gasteiger partial charge in [-0.3, -0.25) is 0 Å². The highest BCUT2D eigenvalue weighted by Gasteiger charge is 2.34. The molecule has 122 valence electrons. The molecule has 3 aliphatic rings. The second-order valence-corrected chi connectivity index (χ2v) is 7.02. The lowest BCUT2D eigenvalue weighted by Crippen LogP contribution is -2.50. The Hall–Kier alpha value is -0.910. The van der Waals surface area contributed by atoms with Gasteiger partial charge >= 0.3 is 0 Å². The SMILES string of the molecule is c1c(CNC2CCCC2C2COCCN2)nc2n1CCCC2. The molecule has 1 aromatic heterocycles. The molecule has 0 spiro atoms. The topological polar surface area (TPSA) is 51.1 Å². The minimum absolute atomic E-state index is 0.531. The lowest BCUT2D eigenvalue weighted by molar-refractivity contribution is 0.0524. The highest BCUT2D eigenvalue weighted by molar-refractivity contribution is 5.06. The predicted molar refractivity (Wildman–Crippen MR) is 85.7 cm³/mol. The molecular weight excluding hydrogens is 276 g/mol. The number of hydrogen-bond donors (Lipinski definition) is 2. The van der Waals surface area contributed by atoms with Gasteiger partial charge in [-0.05, 0) is 31.6 Å². The van der Waals surface area contributed by atoms with Crippen LogP contribution in [0, 0.1) is 5.92 Å². The zero-order valence-corrected chi connectivity index (χ0v) is 13.4. The lowest BCUT2D eigenvalue weighted by atomic mass is 9.94. The molecule has 1 aromatic rings. The summed E-state index contributed by atoms with van der Waals surface area (Å²) in [6.45, 7) is 4.80. The Morgan fingerprint density at radius 1 is 1.32 bits per heavy atom. The van der Waals surface area contributed by atoms with Crippen molar-refractivity contribution in [1.82, 2.24) is 20.2 Å². The van der Waals surface area contributed by atoms with E-state index in [1.54, 1.807) is 0 Å². The molecule has 1 aliphatic carbocycles. The monoisotopic (exact) mass is 304 g/mol. The molecule has 3 atom stereocenters. The number of rotatable bonds is 4. The second-order valence-electron chi connectivity index (χ2n) is 7.02. The average Bonchev–Trinajstić information content (AvgIpc) is 3.20. The summed E-state index contributed by atoms with van der Waals surface area (Å²) < 4.78 is 8.01. The maximum atomic E-state index is 5.65. The molecule has 5 nitrogen and oxygen atoms in total. The van der Waals surface area contributed by atoms with Gasteiger partial charge in [0, 0.05) is 44.3 Å². The first kappa shape index (κ1) is 14.7. The van der Waals surface area contributed by atoms with Crippen LogP contribution >= 0.6 is 0 Å². The first-order chi connectivity index (χ1) is 10.9. The van der Waals surface area contributed by atoms with E-state index in [1.165, 1.54) is 43.6 Å². The highest BCUT2D eigenvalue weighted by Crippen LogP contribution is 2.29. The van der Waals surface area contributed by atoms with Crippen molar-refractivity contribution in [2.75, 3.05) is 19.8 Å². The molecule has 22 heavy (non-hydrogen) atoms. The predicted octanol–water partition coefficient (Wildman–Crippen LogP) is 1.47. The summed E-state index contributed by atoms with van der Waals surface area (Å²) in [6, 6.07) is 1.14. The number of aromatic nitrogens is 2. The number of ether oxygens (including phenoxy) is 1. The Morgan fingerprint density at radius 3 is 3.18 bits per heavy atom. The molecule has 0 amide bonds. The highest BCUT2D eigenvalue weighted by atomic mass is 16.5. The van der Waals surface area contributed by atoms with Crippen molar-refractivity contribution in [3.8, 4) is 0 Å². The lowest BCUT2D eigenvalue weighted by Gasteiger charge is -2.32. The summed E-state index contributed by atoms with van der Waals surface area (Å²) in [6.07, 6.45) is 9.94. The molecule has 3 heterocycles. The third kappa shape index (κ3) is 3.07. The molecule has 2 N–H and O–H groups in total. The van der Waals surface area contributed by atoms with E-state index in [9.17, 15) is 0 Å². The third-order valence-corrected chi connectivity index (χ3v) is 5.54. The van der Waals surface area contributed by atoms with Crippen molar-refractivity contribution in [2.45, 2.75) is 63.7 Å². The van der Waals surface area contributed by atoms with Crippen LogP contribution in [-0.2, 0) is 24.2 Å². The van der Waals surface area contributed by atoms with E-state index >= 15 is 0 Å². The van der Waals surface area contributed by atoms with E-state index in [4.69, 9.17) is 9.72 Å². The van der Waals surface area contributed by atoms with Gasteiger partial charge in [0.15, 0.2) is 0 Å². The minimum atomic E-state index is 0.531. The van der Waals surface area contributed by atoms with Crippen LogP contribution in [0.4, 0.5) is 0 Å². The number of fused-ring (bicyclic) bond motifs is 1. The molecule has 2 aliphatic heterocycles. The van der Waals surface area contributed by atoms with Gasteiger partial charge in [-0.2, -0.15) is 0 Å². The van der Waals surface area contributed by atoms with E-state index in [0.717, 1.165) is 39.3 Å². The number of imidazole rings is 1. The third-order valence-electron chi connectivity index (χ3n) is 5.54. The summed E-state index contributed by atoms with van der Waals surface area (Å²) in [7, 11) is 0. The summed E-state index contributed by atoms with van der Waals surface area (Å²) in [5.41, 5.74) is 1.22. The molecule has 1 saturated carbocycles. The number of morpholine rings is 1. The minimum Gasteiger partial charge on any atom is -0.379 e. The van der Waals surface area contributed by atoms with Crippen LogP contribution in [0.25, 0.3) is 0 Å². The zero-order chi connectivity index (χ0) is 14.8. The zero-order valence-electron chi connectivity index (χ0n) is 13.4. The Morgan fingerprint density at radius 2 is 2.32 bits per heavy atom. The van der Waals surface area contributed by atoms with Crippen LogP contribution in [0.15, 0.2) is 6.20 Å². The Labute approximate surface area is 132 Å². The van der Waals surface area contributed by atoms with Gasteiger partial charge in [0.05, 0.1) is 18.9 Å². The second kappa shape index (κ2) is 6.69. The van der Waals surface area contributed by atoms with E-state index < -0.39 is 0 Å². The molecular formula is C17H28N4O. The molecule has 2 fully saturated rings. The van der Waals surface area contributed by atoms with Crippen LogP contribution in [0.2, 0.25) is 0 Å². The number of hydrogen-bond acceptors (Lipinski definition) is 4. The average molecular weight is 304 g/mol. The van der Waals surface area contributed by atoms with Crippen LogP contribution in [0.5, 0.6) is 0 Å². The van der Waals surface area contributed by atoms with Crippen LogP contribution in [0.3, 0.4) is 0 Å². The van der Waals surface area contributed by atoms with Crippen LogP contribution in [-0.4, -0.2) is 41.4 Å². The van der Waals surface area contributed by atoms with Crippen molar-refractivity contribution in [3.63, 3.8) is 0 Å². The normalized spacial score (nSPS) is 32.1. The van der Waals surface area contributed by atoms with Gasteiger partial charge in [0.2, 0.25) is 0 Å². The maximum Gasteiger partial charge on any atom is 0.109 e. The van der Waals surface area contributed by atoms with E-state index in [1.807, 2.05) is 0 Å². The fourth-order valence-corrected chi connectivity index (χ4v) is 4.38. The van der Waals surface area contributed by atoms with Crippen molar-refractivity contribution < 1.29 is 4.74 Å². The Kier molecular flexibility index (Phi) is 4.46. The first-order valence-electron chi connectivity index (χ1n) is 8.99. The molecule has 1 saturated heterocycles. The van der Waals surface area contributed by atoms with Crippen LogP contribution in [0.1, 0.15) is 43.6 Å². The standard InChI is InChI=1S/C17H28N4O/c1-2-8-21-11-13(20-17(21)6-1)10-19-15-5-3-4-14(15)16-12-22-9-7-18-16/h11,14-16,18-19H,1-10,12H2. The van der Waals surface area contributed by atoms with Crippen molar-refractivity contribution in [3.05, 3.63) is 17.7 Å². The Balaban J connectivity index is 1.35. The molecule has 4 rings (SSSR count). The van der Waals surface area contributed by atoms with Crippen molar-refractivity contribution in [1.29, 1.82) is 0 Å². The van der Waals surface area contributed by atoms with E-state index in [-0.39, 0.29) is 0 Å². The van der Waals surface area contributed by atoms with Crippen molar-refractivity contribution in [2.24, 2.45) is 5.92 Å². The molecule has 0 aromatic carbocycles. The van der Waals surface area contributed by atoms with Crippen LogP contribution < -0.4 is 10.6 Å². The number of aryl methyl sites for hydroxylation is 2. The van der Waals surface area contributed by atoms with Gasteiger partial charge < -0.3 is 19.9 Å². The van der Waals surface area contributed by atoms with Gasteiger partial charge in [0.25, 0.3) is 0 Å². The van der Waals surface area contributed by atoms with E-state index in [2.05, 4.69) is 21.4 Å². The molecule has 5 heteroatoms. The van der Waals surface area contributed by atoms with Crippen molar-refractivity contribution >= 4 is 0 Å². The largest absolute Gasteiger partial charge is 0.379 e. The van der Waals surface area contributed by atoms with Gasteiger partial charge in [0.1, 0.15) is 5.82 Å². The maximum absolute atomic E-state index is 5.65. The summed E-state index contributed by atoms with van der Waals surface area (Å²) in [4.78, 5) is 4.81. The van der Waals surface area contributed by atoms with Gasteiger partial charge in [-0.15, -0.1) is 0 Å². The summed E-state index contributed by atoms with van der Waals surface area (Å²) in [5.74, 6) is 1.99. The van der Waals surface area contributed by atoms with Gasteiger partial charge in [-0.25, -0.2) is 4.98 Å². The fraction of sp³-hybridized carbons (Fsp3) is 0.824. The Bertz CT molecular complexity index is 471. The smallest absolute Gasteiger partial charge is 0.109 e. The quantitative estimate of drug-likeness (QED) is 0.884. The summed E-state index contributed by atoms with van der Waals surface area (Å²) in [5, 5.41) is 7.43. The molecule has 0 radical (unpaired) electrons. The molecule has 0 bridgehead atoms. The number of nitrogens with zero attached hydrogens (tertiary/aromatic N) is 2. The summed E-state index contributed by atoms with van der Waals surface area (Å²) >= 11 is 0. The fourth-order valence-electron chi connectivity index (χ4n) is 4.38.